The van der Waals surface area contributed by atoms with Crippen molar-refractivity contribution in [2.45, 2.75) is 6.42 Å². The highest BCUT2D eigenvalue weighted by molar-refractivity contribution is 5.93. The Kier molecular flexibility index (Phi) is 11.7. The number of nitrogens with zero attached hydrogens (tertiary/aromatic N) is 3. The average molecular weight is 832 g/mol. The molecule has 0 amide bonds. The average Bonchev–Trinajstić information content (AvgIpc) is 3.40. The standard InChI is InChI=1S/C62H45N3/c1-63-59(40-31-44-17-5-2-6-18-44)48-36-32-45(33-37-48)51-23-15-25-53(41-51)55-27-11-13-29-57(55)58-30-14-12-28-56(58)54-26-16-24-52(42-54)46-34-38-49(39-35-46)61-43-60(47-19-7-3-8-20-47)64-62(65-61)50-21-9-4-10-22-50/h2-30,32-43H,1,31H2/b59-40-. The zero-order chi connectivity index (χ0) is 43.8. The van der Waals surface area contributed by atoms with Crippen LogP contribution in [0, 0.1) is 0 Å². The molecule has 0 aliphatic rings. The molecule has 0 unspecified atom stereocenters. The van der Waals surface area contributed by atoms with Crippen LogP contribution in [0.2, 0.25) is 0 Å². The maximum atomic E-state index is 5.05. The van der Waals surface area contributed by atoms with Gasteiger partial charge in [-0.15, -0.1) is 0 Å². The fourth-order valence-corrected chi connectivity index (χ4v) is 8.51. The van der Waals surface area contributed by atoms with E-state index in [2.05, 4.69) is 218 Å². The molecule has 0 N–H and O–H groups in total. The van der Waals surface area contributed by atoms with Gasteiger partial charge in [0, 0.05) is 16.7 Å². The van der Waals surface area contributed by atoms with Gasteiger partial charge in [-0.3, -0.25) is 4.99 Å². The van der Waals surface area contributed by atoms with Gasteiger partial charge in [0.05, 0.1) is 17.1 Å². The van der Waals surface area contributed by atoms with Crippen molar-refractivity contribution in [2.24, 2.45) is 4.99 Å². The maximum Gasteiger partial charge on any atom is 0.160 e. The van der Waals surface area contributed by atoms with Gasteiger partial charge in [0.2, 0.25) is 0 Å². The minimum atomic E-state index is 0.709. The van der Waals surface area contributed by atoms with E-state index in [0.29, 0.717) is 5.82 Å². The summed E-state index contributed by atoms with van der Waals surface area (Å²) in [7, 11) is 0. The number of hydrogen-bond acceptors (Lipinski definition) is 3. The van der Waals surface area contributed by atoms with Gasteiger partial charge in [0.25, 0.3) is 0 Å². The number of benzene rings is 9. The first-order valence-corrected chi connectivity index (χ1v) is 22.0. The predicted octanol–water partition coefficient (Wildman–Crippen LogP) is 16.1. The number of aromatic nitrogens is 2. The molecule has 1 aromatic heterocycles. The van der Waals surface area contributed by atoms with Gasteiger partial charge in [-0.2, -0.15) is 0 Å². The topological polar surface area (TPSA) is 38.1 Å². The van der Waals surface area contributed by atoms with Crippen LogP contribution in [-0.2, 0) is 6.42 Å². The summed E-state index contributed by atoms with van der Waals surface area (Å²) in [6.45, 7) is 3.86. The lowest BCUT2D eigenvalue weighted by Gasteiger charge is -2.16. The molecule has 10 rings (SSSR count). The van der Waals surface area contributed by atoms with Crippen molar-refractivity contribution >= 4 is 12.4 Å². The van der Waals surface area contributed by atoms with E-state index in [1.54, 1.807) is 0 Å². The zero-order valence-corrected chi connectivity index (χ0v) is 35.9. The molecule has 3 heteroatoms. The predicted molar refractivity (Wildman–Crippen MR) is 273 cm³/mol. The highest BCUT2D eigenvalue weighted by Gasteiger charge is 2.15. The van der Waals surface area contributed by atoms with E-state index in [1.165, 1.54) is 27.8 Å². The first-order chi connectivity index (χ1) is 32.2. The van der Waals surface area contributed by atoms with Crippen LogP contribution in [-0.4, -0.2) is 16.7 Å². The largest absolute Gasteiger partial charge is 0.264 e. The van der Waals surface area contributed by atoms with E-state index in [4.69, 9.17) is 9.97 Å². The molecular formula is C62H45N3. The number of rotatable bonds is 12. The molecule has 3 nitrogen and oxygen atoms in total. The Morgan fingerprint density at radius 3 is 1.28 bits per heavy atom. The third-order valence-electron chi connectivity index (χ3n) is 11.9. The molecule has 0 bridgehead atoms. The second-order valence-corrected chi connectivity index (χ2v) is 16.0. The third kappa shape index (κ3) is 9.04. The van der Waals surface area contributed by atoms with Gasteiger partial charge in [-0.05, 0) is 98.1 Å². The molecule has 0 aliphatic carbocycles. The summed E-state index contributed by atoms with van der Waals surface area (Å²) in [5, 5.41) is 0. The lowest BCUT2D eigenvalue weighted by atomic mass is 9.88. The van der Waals surface area contributed by atoms with E-state index in [-0.39, 0.29) is 0 Å². The van der Waals surface area contributed by atoms with Crippen molar-refractivity contribution in [2.75, 3.05) is 0 Å². The molecule has 65 heavy (non-hydrogen) atoms. The summed E-state index contributed by atoms with van der Waals surface area (Å²) >= 11 is 0. The molecule has 308 valence electrons. The van der Waals surface area contributed by atoms with Crippen LogP contribution in [0.5, 0.6) is 0 Å². The molecule has 0 saturated heterocycles. The minimum absolute atomic E-state index is 0.709. The molecule has 0 fully saturated rings. The normalized spacial score (nSPS) is 11.3. The smallest absolute Gasteiger partial charge is 0.160 e. The van der Waals surface area contributed by atoms with Crippen molar-refractivity contribution < 1.29 is 0 Å². The van der Waals surface area contributed by atoms with E-state index in [9.17, 15) is 0 Å². The quantitative estimate of drug-likeness (QED) is 0.115. The summed E-state index contributed by atoms with van der Waals surface area (Å²) in [4.78, 5) is 14.4. The van der Waals surface area contributed by atoms with E-state index < -0.39 is 0 Å². The Morgan fingerprint density at radius 2 is 0.754 bits per heavy atom. The molecular weight excluding hydrogens is 787 g/mol. The van der Waals surface area contributed by atoms with Crippen molar-refractivity contribution in [3.05, 3.63) is 260 Å². The fraction of sp³-hybridized carbons (Fsp3) is 0.0161. The molecule has 9 aromatic carbocycles. The summed E-state index contributed by atoms with van der Waals surface area (Å²) in [5.41, 5.74) is 19.7. The Bertz CT molecular complexity index is 3210. The Hall–Kier alpha value is -8.53. The molecule has 0 atom stereocenters. The van der Waals surface area contributed by atoms with E-state index in [1.807, 2.05) is 42.5 Å². The van der Waals surface area contributed by atoms with Crippen LogP contribution in [0.15, 0.2) is 254 Å². The monoisotopic (exact) mass is 831 g/mol. The fourth-order valence-electron chi connectivity index (χ4n) is 8.51. The second-order valence-electron chi connectivity index (χ2n) is 16.0. The number of hydrogen-bond donors (Lipinski definition) is 0. The van der Waals surface area contributed by atoms with Crippen molar-refractivity contribution in [1.29, 1.82) is 0 Å². The highest BCUT2D eigenvalue weighted by atomic mass is 14.9. The Morgan fingerprint density at radius 1 is 0.354 bits per heavy atom. The van der Waals surface area contributed by atoms with Crippen LogP contribution < -0.4 is 0 Å². The van der Waals surface area contributed by atoms with Gasteiger partial charge < -0.3 is 0 Å². The summed E-state index contributed by atoms with van der Waals surface area (Å²) in [6.07, 6.45) is 2.95. The number of aliphatic imine (C=N–C) groups is 1. The Balaban J connectivity index is 0.931. The highest BCUT2D eigenvalue weighted by Crippen LogP contribution is 2.40. The van der Waals surface area contributed by atoms with Gasteiger partial charge in [0.1, 0.15) is 0 Å². The van der Waals surface area contributed by atoms with Crippen LogP contribution >= 0.6 is 0 Å². The van der Waals surface area contributed by atoms with Gasteiger partial charge in [-0.1, -0.05) is 231 Å². The van der Waals surface area contributed by atoms with E-state index in [0.717, 1.165) is 79.1 Å². The lowest BCUT2D eigenvalue weighted by molar-refractivity contribution is 1.18. The molecule has 0 saturated carbocycles. The van der Waals surface area contributed by atoms with Crippen molar-refractivity contribution in [1.82, 2.24) is 9.97 Å². The van der Waals surface area contributed by atoms with Crippen LogP contribution in [0.1, 0.15) is 11.1 Å². The SMILES string of the molecule is C=N/C(=C\Cc1ccccc1)c1ccc(-c2cccc(-c3ccccc3-c3ccccc3-c3cccc(-c4ccc(-c5cc(-c6ccccc6)nc(-c6ccccc6)n5)cc4)c3)c2)cc1. The maximum absolute atomic E-state index is 5.05. The molecule has 1 heterocycles. The first-order valence-electron chi connectivity index (χ1n) is 22.0. The van der Waals surface area contributed by atoms with E-state index >= 15 is 0 Å². The van der Waals surface area contributed by atoms with Crippen LogP contribution in [0.4, 0.5) is 0 Å². The van der Waals surface area contributed by atoms with Crippen LogP contribution in [0.25, 0.3) is 95.2 Å². The Labute approximate surface area is 381 Å². The molecule has 10 aromatic rings. The molecule has 0 spiro atoms. The van der Waals surface area contributed by atoms with Gasteiger partial charge in [-0.25, -0.2) is 9.97 Å². The zero-order valence-electron chi connectivity index (χ0n) is 35.9. The second kappa shape index (κ2) is 18.8. The first kappa shape index (κ1) is 40.5. The summed E-state index contributed by atoms with van der Waals surface area (Å²) in [6, 6.07) is 85.6. The molecule has 0 aliphatic heterocycles. The summed E-state index contributed by atoms with van der Waals surface area (Å²) in [5.74, 6) is 0.709. The van der Waals surface area contributed by atoms with Crippen LogP contribution in [0.3, 0.4) is 0 Å². The van der Waals surface area contributed by atoms with Gasteiger partial charge >= 0.3 is 0 Å². The third-order valence-corrected chi connectivity index (χ3v) is 11.9. The van der Waals surface area contributed by atoms with Gasteiger partial charge in [0.15, 0.2) is 5.82 Å². The lowest BCUT2D eigenvalue weighted by Crippen LogP contribution is -1.95. The minimum Gasteiger partial charge on any atom is -0.264 e. The summed E-state index contributed by atoms with van der Waals surface area (Å²) < 4.78 is 0. The number of allylic oxidation sites excluding steroid dienone is 1. The van der Waals surface area contributed by atoms with Crippen molar-refractivity contribution in [3.8, 4) is 89.5 Å². The molecule has 0 radical (unpaired) electrons. The van der Waals surface area contributed by atoms with Crippen molar-refractivity contribution in [3.63, 3.8) is 0 Å².